The Bertz CT molecular complexity index is 3410. The van der Waals surface area contributed by atoms with E-state index in [2.05, 4.69) is 60.0 Å². The molecule has 0 spiro atoms. The molecule has 0 saturated carbocycles. The van der Waals surface area contributed by atoms with Gasteiger partial charge in [-0.15, -0.1) is 20.5 Å². The first-order valence-electron chi connectivity index (χ1n) is 19.7. The fourth-order valence-electron chi connectivity index (χ4n) is 5.49. The Morgan fingerprint density at radius 3 is 1.41 bits per heavy atom. The zero-order valence-corrected chi connectivity index (χ0v) is 40.9. The molecular weight excluding hydrogens is 1080 g/mol. The summed E-state index contributed by atoms with van der Waals surface area (Å²) in [5.74, 6) is -6.10. The highest BCUT2D eigenvalue weighted by Gasteiger charge is 2.28. The lowest BCUT2D eigenvalue weighted by Gasteiger charge is -2.13. The summed E-state index contributed by atoms with van der Waals surface area (Å²) in [5, 5.41) is 45.9. The van der Waals surface area contributed by atoms with Gasteiger partial charge in [-0.05, 0) is 66.7 Å². The van der Waals surface area contributed by atoms with Crippen molar-refractivity contribution in [2.75, 3.05) is 66.3 Å². The van der Waals surface area contributed by atoms with Crippen LogP contribution in [0.4, 0.5) is 51.2 Å². The normalized spacial score (nSPS) is 12.5. The van der Waals surface area contributed by atoms with Crippen LogP contribution in [0.5, 0.6) is 0 Å². The fraction of sp³-hybridized carbons (Fsp3) is 0.222. The van der Waals surface area contributed by atoms with E-state index in [1.807, 2.05) is 0 Å². The summed E-state index contributed by atoms with van der Waals surface area (Å²) < 4.78 is 151. The van der Waals surface area contributed by atoms with Gasteiger partial charge in [0.25, 0.3) is 21.9 Å². The lowest BCUT2D eigenvalue weighted by Crippen LogP contribution is -2.30. The Labute approximate surface area is 413 Å². The average molecular weight is 1120 g/mol. The number of amides is 2. The summed E-state index contributed by atoms with van der Waals surface area (Å²) in [6.45, 7) is -2.52. The second-order valence-electron chi connectivity index (χ2n) is 14.1. The first-order valence-corrected chi connectivity index (χ1v) is 27.5. The highest BCUT2D eigenvalue weighted by Crippen LogP contribution is 2.49. The van der Waals surface area contributed by atoms with E-state index in [-0.39, 0.29) is 28.2 Å². The number of carbonyl (C=O) groups excluding carboxylic acids is 2. The van der Waals surface area contributed by atoms with Gasteiger partial charge in [0.05, 0.1) is 64.7 Å². The first-order chi connectivity index (χ1) is 34.0. The number of benzene rings is 4. The smallest absolute Gasteiger partial charge is 0.397 e. The highest BCUT2D eigenvalue weighted by molar-refractivity contribution is 7.91. The molecule has 4 rings (SSSR count). The van der Waals surface area contributed by atoms with E-state index >= 15 is 0 Å². The maximum atomic E-state index is 12.9. The molecule has 0 saturated heterocycles. The van der Waals surface area contributed by atoms with Crippen molar-refractivity contribution in [3.05, 3.63) is 83.4 Å². The molecule has 394 valence electrons. The molecule has 73 heavy (non-hydrogen) atoms. The molecule has 0 fully saturated rings. The number of carbonyl (C=O) groups is 3. The van der Waals surface area contributed by atoms with E-state index in [1.54, 1.807) is 0 Å². The van der Waals surface area contributed by atoms with Crippen molar-refractivity contribution < 1.29 is 88.4 Å². The monoisotopic (exact) mass is 1120 g/mol. The number of aromatic carboxylic acids is 1. The van der Waals surface area contributed by atoms with Crippen molar-refractivity contribution in [1.29, 1.82) is 5.41 Å². The highest BCUT2D eigenvalue weighted by atomic mass is 32.3. The van der Waals surface area contributed by atoms with Gasteiger partial charge in [0, 0.05) is 24.2 Å². The predicted octanol–water partition coefficient (Wildman–Crippen LogP) is 2.92. The number of nitrogens with zero attached hydrogens (tertiary/aromatic N) is 6. The molecule has 0 aliphatic rings. The number of nitrogen functional groups attached to an aromatic ring is 2. The second-order valence-corrected chi connectivity index (χ2v) is 22.2. The minimum Gasteiger partial charge on any atom is -0.478 e. The number of sulfone groups is 2. The largest absolute Gasteiger partial charge is 0.478 e. The molecule has 0 aliphatic carbocycles. The molecule has 12 N–H and O–H groups in total. The molecule has 0 aromatic heterocycles. The molecule has 0 radical (unpaired) electrons. The molecule has 0 atom stereocenters. The third-order valence-corrected chi connectivity index (χ3v) is 13.9. The van der Waals surface area contributed by atoms with Gasteiger partial charge < -0.3 is 32.0 Å². The average Bonchev–Trinajstić information content (AvgIpc) is 3.29. The molecule has 2 amide bonds. The van der Waals surface area contributed by atoms with Crippen molar-refractivity contribution >= 4 is 126 Å². The van der Waals surface area contributed by atoms with Gasteiger partial charge in [-0.1, -0.05) is 0 Å². The SMILES string of the molecule is N=CONc1ccc(N=Nc2c(N)c(N=Nc3ccc(C(=O)NCCS(=O)(=O)CCOS(=O)(=O)O)cc3)c(N)c(N=Nc3ccc(C(=O)NCCS(=O)(=O)CCOS(=O)(=O)O)cc3)c2C(=O)O)c(S(=O)(=O)O)c1. The van der Waals surface area contributed by atoms with Crippen molar-refractivity contribution in [2.24, 2.45) is 30.7 Å². The Morgan fingerprint density at radius 2 is 1.01 bits per heavy atom. The van der Waals surface area contributed by atoms with Crippen LogP contribution in [0.2, 0.25) is 0 Å². The minimum atomic E-state index is -5.07. The van der Waals surface area contributed by atoms with Crippen LogP contribution < -0.4 is 27.6 Å². The Balaban J connectivity index is 1.68. The first kappa shape index (κ1) is 58.1. The maximum absolute atomic E-state index is 12.9. The summed E-state index contributed by atoms with van der Waals surface area (Å²) >= 11 is 0. The quantitative estimate of drug-likeness (QED) is 0.0102. The summed E-state index contributed by atoms with van der Waals surface area (Å²) in [6.07, 6.45) is 0.469. The van der Waals surface area contributed by atoms with Crippen LogP contribution in [0.1, 0.15) is 31.1 Å². The predicted molar refractivity (Wildman–Crippen MR) is 254 cm³/mol. The third-order valence-electron chi connectivity index (χ3n) is 8.88. The molecule has 0 heterocycles. The van der Waals surface area contributed by atoms with Crippen LogP contribution in [0.25, 0.3) is 0 Å². The molecule has 0 unspecified atom stereocenters. The molecule has 37 heteroatoms. The fourth-order valence-corrected chi connectivity index (χ4v) is 8.85. The van der Waals surface area contributed by atoms with Gasteiger partial charge in [0.2, 0.25) is 6.40 Å². The van der Waals surface area contributed by atoms with Gasteiger partial charge in [-0.25, -0.2) is 35.5 Å². The van der Waals surface area contributed by atoms with E-state index in [4.69, 9.17) is 26.0 Å². The van der Waals surface area contributed by atoms with Crippen LogP contribution in [-0.4, -0.2) is 134 Å². The number of azo groups is 3. The molecule has 0 aliphatic heterocycles. The number of hydrogen-bond acceptors (Lipinski definition) is 26. The van der Waals surface area contributed by atoms with Crippen LogP contribution >= 0.6 is 0 Å². The molecular formula is C36H40N12O20S5. The van der Waals surface area contributed by atoms with Crippen molar-refractivity contribution in [1.82, 2.24) is 10.6 Å². The summed E-state index contributed by atoms with van der Waals surface area (Å²) in [4.78, 5) is 42.0. The van der Waals surface area contributed by atoms with Crippen LogP contribution in [0, 0.1) is 5.41 Å². The molecule has 0 bridgehead atoms. The van der Waals surface area contributed by atoms with E-state index in [0.29, 0.717) is 6.40 Å². The third kappa shape index (κ3) is 18.6. The van der Waals surface area contributed by atoms with Gasteiger partial charge in [-0.2, -0.15) is 35.5 Å². The molecule has 4 aromatic carbocycles. The lowest BCUT2D eigenvalue weighted by molar-refractivity contribution is 0.0697. The zero-order valence-electron chi connectivity index (χ0n) is 36.8. The zero-order chi connectivity index (χ0) is 54.4. The van der Waals surface area contributed by atoms with Crippen molar-refractivity contribution in [2.45, 2.75) is 4.90 Å². The molecule has 4 aromatic rings. The van der Waals surface area contributed by atoms with Crippen molar-refractivity contribution in [3.8, 4) is 0 Å². The number of nitrogens with one attached hydrogen (secondary N) is 4. The van der Waals surface area contributed by atoms with Gasteiger partial charge in [0.1, 0.15) is 33.2 Å². The lowest BCUT2D eigenvalue weighted by atomic mass is 10.1. The van der Waals surface area contributed by atoms with E-state index in [0.717, 1.165) is 12.1 Å². The van der Waals surface area contributed by atoms with Gasteiger partial charge in [-0.3, -0.25) is 28.7 Å². The molecule has 32 nitrogen and oxygen atoms in total. The second kappa shape index (κ2) is 24.8. The summed E-state index contributed by atoms with van der Waals surface area (Å²) in [5.41, 5.74) is 10.2. The van der Waals surface area contributed by atoms with Crippen molar-refractivity contribution in [3.63, 3.8) is 0 Å². The Hall–Kier alpha value is -7.49. The topological polar surface area (TPSA) is 517 Å². The minimum absolute atomic E-state index is 0.000520. The van der Waals surface area contributed by atoms with E-state index in [9.17, 15) is 66.1 Å². The Kier molecular flexibility index (Phi) is 19.7. The van der Waals surface area contributed by atoms with Crippen LogP contribution in [0.15, 0.2) is 102 Å². The number of anilines is 3. The van der Waals surface area contributed by atoms with Gasteiger partial charge in [0.15, 0.2) is 19.7 Å². The van der Waals surface area contributed by atoms with Gasteiger partial charge >= 0.3 is 26.8 Å². The van der Waals surface area contributed by atoms with E-state index in [1.165, 1.54) is 54.6 Å². The summed E-state index contributed by atoms with van der Waals surface area (Å²) in [6, 6.07) is 13.0. The number of carboxylic acids is 1. The number of hydrogen-bond donors (Lipinski definition) is 10. The van der Waals surface area contributed by atoms with E-state index < -0.39 is 162 Å². The maximum Gasteiger partial charge on any atom is 0.397 e. The number of nitrogens with two attached hydrogens (primary N) is 2. The standard InChI is InChI=1S/C36H40N12O20S5/c37-20-66-48-25-9-10-26(27(19-25)71(57,58)59)44-46-32-28(36(51)52)31(45-42-23-5-1-21(2-6-23)34(49)40-11-15-69(53,54)17-13-67-72(60,61)62)29(38)33(30(32)39)47-43-24-7-3-22(4-8-24)35(50)41-12-16-70(55,56)18-14-68-73(63,64)65/h1-10,19-20,37,48H,11-18,38-39H2,(H,40,49)(H,41,50)(H,51,52)(H,57,58,59)(H,60,61,62)(H,63,64,65). The number of carboxylic acid groups (broad SMARTS) is 1. The number of rotatable bonds is 27. The van der Waals surface area contributed by atoms with Crippen LogP contribution in [-0.2, 0) is 63.8 Å². The Morgan fingerprint density at radius 1 is 0.589 bits per heavy atom. The summed E-state index contributed by atoms with van der Waals surface area (Å²) in [7, 11) is -22.7. The van der Waals surface area contributed by atoms with Crippen LogP contribution in [0.3, 0.4) is 0 Å².